The zero-order valence-corrected chi connectivity index (χ0v) is 16.5. The predicted molar refractivity (Wildman–Crippen MR) is 102 cm³/mol. The second kappa shape index (κ2) is 8.68. The van der Waals surface area contributed by atoms with Crippen LogP contribution in [0.15, 0.2) is 40.1 Å². The molecule has 3 rings (SSSR count). The van der Waals surface area contributed by atoms with E-state index in [1.165, 1.54) is 0 Å². The van der Waals surface area contributed by atoms with Gasteiger partial charge in [-0.05, 0) is 39.0 Å². The maximum Gasteiger partial charge on any atom is 0.340 e. The summed E-state index contributed by atoms with van der Waals surface area (Å²) in [5.41, 5.74) is 2.46. The standard InChI is InChI=1S/C20H23N3O6/c1-4-27-19(25)16-9-21-20(26)22-17(16)11-29-18(24)15-8-12(2)23(13(15)3)10-14-6-5-7-28-14/h5-8H,4,9-11H2,1-3H3,(H2,21,22,26). The number of nitrogens with zero attached hydrogens (tertiary/aromatic N) is 1. The van der Waals surface area contributed by atoms with Gasteiger partial charge in [-0.1, -0.05) is 0 Å². The van der Waals surface area contributed by atoms with E-state index in [-0.39, 0.29) is 31.0 Å². The largest absolute Gasteiger partial charge is 0.467 e. The maximum absolute atomic E-state index is 12.6. The van der Waals surface area contributed by atoms with E-state index in [0.717, 1.165) is 17.1 Å². The maximum atomic E-state index is 12.6. The Morgan fingerprint density at radius 2 is 2.03 bits per heavy atom. The summed E-state index contributed by atoms with van der Waals surface area (Å²) in [5, 5.41) is 5.01. The summed E-state index contributed by atoms with van der Waals surface area (Å²) in [6, 6.07) is 4.93. The lowest BCUT2D eigenvalue weighted by atomic mass is 10.1. The first kappa shape index (κ1) is 20.2. The summed E-state index contributed by atoms with van der Waals surface area (Å²) >= 11 is 0. The average Bonchev–Trinajstić information content (AvgIpc) is 3.30. The molecule has 2 amide bonds. The highest BCUT2D eigenvalue weighted by molar-refractivity contribution is 5.94. The number of carbonyl (C=O) groups excluding carboxylic acids is 3. The molecular weight excluding hydrogens is 378 g/mol. The molecule has 2 aromatic rings. The van der Waals surface area contributed by atoms with Crippen molar-refractivity contribution in [2.24, 2.45) is 0 Å². The highest BCUT2D eigenvalue weighted by Crippen LogP contribution is 2.19. The Balaban J connectivity index is 1.74. The highest BCUT2D eigenvalue weighted by atomic mass is 16.5. The van der Waals surface area contributed by atoms with Gasteiger partial charge in [-0.25, -0.2) is 14.4 Å². The fourth-order valence-electron chi connectivity index (χ4n) is 3.09. The number of rotatable bonds is 7. The second-order valence-corrected chi connectivity index (χ2v) is 6.51. The number of hydrogen-bond acceptors (Lipinski definition) is 6. The zero-order valence-electron chi connectivity index (χ0n) is 16.5. The molecule has 0 atom stereocenters. The zero-order chi connectivity index (χ0) is 21.0. The first-order valence-corrected chi connectivity index (χ1v) is 9.21. The molecule has 1 aliphatic rings. The number of furan rings is 1. The van der Waals surface area contributed by atoms with Crippen LogP contribution in [0.5, 0.6) is 0 Å². The topological polar surface area (TPSA) is 112 Å². The van der Waals surface area contributed by atoms with Crippen molar-refractivity contribution in [1.29, 1.82) is 0 Å². The third-order valence-corrected chi connectivity index (χ3v) is 4.61. The number of nitrogens with one attached hydrogen (secondary N) is 2. The monoisotopic (exact) mass is 401 g/mol. The lowest BCUT2D eigenvalue weighted by Gasteiger charge is -2.21. The molecule has 0 aliphatic carbocycles. The van der Waals surface area contributed by atoms with E-state index < -0.39 is 18.0 Å². The molecule has 0 saturated heterocycles. The first-order valence-electron chi connectivity index (χ1n) is 9.21. The molecule has 0 aromatic carbocycles. The Morgan fingerprint density at radius 3 is 2.72 bits per heavy atom. The van der Waals surface area contributed by atoms with Gasteiger partial charge in [0.2, 0.25) is 0 Å². The van der Waals surface area contributed by atoms with Crippen molar-refractivity contribution in [2.45, 2.75) is 27.3 Å². The van der Waals surface area contributed by atoms with Gasteiger partial charge in [-0.15, -0.1) is 0 Å². The Hall–Kier alpha value is -3.49. The van der Waals surface area contributed by atoms with Crippen molar-refractivity contribution in [1.82, 2.24) is 15.2 Å². The summed E-state index contributed by atoms with van der Waals surface area (Å²) in [6.45, 7) is 5.86. The van der Waals surface area contributed by atoms with Gasteiger partial charge >= 0.3 is 18.0 Å². The normalized spacial score (nSPS) is 13.7. The van der Waals surface area contributed by atoms with Gasteiger partial charge in [0.25, 0.3) is 0 Å². The van der Waals surface area contributed by atoms with Crippen LogP contribution in [0, 0.1) is 13.8 Å². The Morgan fingerprint density at radius 1 is 1.24 bits per heavy atom. The van der Waals surface area contributed by atoms with Crippen molar-refractivity contribution in [3.63, 3.8) is 0 Å². The molecular formula is C20H23N3O6. The third kappa shape index (κ3) is 4.50. The number of aryl methyl sites for hydroxylation is 1. The van der Waals surface area contributed by atoms with Crippen LogP contribution in [-0.2, 0) is 20.8 Å². The average molecular weight is 401 g/mol. The molecule has 154 valence electrons. The van der Waals surface area contributed by atoms with E-state index in [9.17, 15) is 14.4 Å². The van der Waals surface area contributed by atoms with Crippen molar-refractivity contribution < 1.29 is 28.3 Å². The molecule has 2 N–H and O–H groups in total. The Bertz CT molecular complexity index is 955. The first-order chi connectivity index (χ1) is 13.9. The van der Waals surface area contributed by atoms with Gasteiger partial charge in [0.1, 0.15) is 12.4 Å². The van der Waals surface area contributed by atoms with Crippen molar-refractivity contribution >= 4 is 18.0 Å². The van der Waals surface area contributed by atoms with Gasteiger partial charge in [0, 0.05) is 11.4 Å². The minimum Gasteiger partial charge on any atom is -0.467 e. The molecule has 9 heteroatoms. The van der Waals surface area contributed by atoms with Gasteiger partial charge in [0.05, 0.1) is 42.8 Å². The Kier molecular flexibility index (Phi) is 6.06. The van der Waals surface area contributed by atoms with Gasteiger partial charge in [0.15, 0.2) is 0 Å². The summed E-state index contributed by atoms with van der Waals surface area (Å²) in [6.07, 6.45) is 1.60. The van der Waals surface area contributed by atoms with Crippen LogP contribution in [0.1, 0.15) is 34.4 Å². The summed E-state index contributed by atoms with van der Waals surface area (Å²) in [7, 11) is 0. The van der Waals surface area contributed by atoms with E-state index in [1.54, 1.807) is 25.3 Å². The van der Waals surface area contributed by atoms with Crippen LogP contribution in [0.4, 0.5) is 4.79 Å². The number of ether oxygens (including phenoxy) is 2. The van der Waals surface area contributed by atoms with Crippen LogP contribution >= 0.6 is 0 Å². The molecule has 0 radical (unpaired) electrons. The number of amides is 2. The second-order valence-electron chi connectivity index (χ2n) is 6.51. The van der Waals surface area contributed by atoms with E-state index in [2.05, 4.69) is 10.6 Å². The number of urea groups is 1. The SMILES string of the molecule is CCOC(=O)C1=C(COC(=O)c2cc(C)n(Cc3ccco3)c2C)NC(=O)NC1. The van der Waals surface area contributed by atoms with Gasteiger partial charge in [-0.3, -0.25) is 0 Å². The summed E-state index contributed by atoms with van der Waals surface area (Å²) < 4.78 is 17.7. The van der Waals surface area contributed by atoms with E-state index in [1.807, 2.05) is 24.5 Å². The smallest absolute Gasteiger partial charge is 0.340 e. The van der Waals surface area contributed by atoms with E-state index >= 15 is 0 Å². The number of carbonyl (C=O) groups is 3. The molecule has 0 bridgehead atoms. The highest BCUT2D eigenvalue weighted by Gasteiger charge is 2.25. The van der Waals surface area contributed by atoms with E-state index in [0.29, 0.717) is 12.1 Å². The molecule has 2 aromatic heterocycles. The van der Waals surface area contributed by atoms with Gasteiger partial charge < -0.3 is 29.1 Å². The van der Waals surface area contributed by atoms with Crippen molar-refractivity contribution in [2.75, 3.05) is 19.8 Å². The minimum atomic E-state index is -0.567. The summed E-state index contributed by atoms with van der Waals surface area (Å²) in [4.78, 5) is 36.3. The molecule has 1 aliphatic heterocycles. The van der Waals surface area contributed by atoms with Crippen LogP contribution < -0.4 is 10.6 Å². The molecule has 0 fully saturated rings. The Labute approximate surface area is 167 Å². The fraction of sp³-hybridized carbons (Fsp3) is 0.350. The van der Waals surface area contributed by atoms with Crippen LogP contribution in [0.3, 0.4) is 0 Å². The molecule has 0 spiro atoms. The third-order valence-electron chi connectivity index (χ3n) is 4.61. The van der Waals surface area contributed by atoms with E-state index in [4.69, 9.17) is 13.9 Å². The number of esters is 2. The van der Waals surface area contributed by atoms with Crippen LogP contribution in [-0.4, -0.2) is 42.3 Å². The lowest BCUT2D eigenvalue weighted by Crippen LogP contribution is -2.45. The van der Waals surface area contributed by atoms with Crippen LogP contribution in [0.2, 0.25) is 0 Å². The van der Waals surface area contributed by atoms with Crippen molar-refractivity contribution in [3.8, 4) is 0 Å². The molecule has 0 unspecified atom stereocenters. The fourth-order valence-corrected chi connectivity index (χ4v) is 3.09. The molecule has 29 heavy (non-hydrogen) atoms. The van der Waals surface area contributed by atoms with Crippen molar-refractivity contribution in [3.05, 3.63) is 58.4 Å². The number of hydrogen-bond donors (Lipinski definition) is 2. The minimum absolute atomic E-state index is 0.00914. The molecule has 0 saturated carbocycles. The predicted octanol–water partition coefficient (Wildman–Crippen LogP) is 2.03. The van der Waals surface area contributed by atoms with Crippen LogP contribution in [0.25, 0.3) is 0 Å². The molecule has 9 nitrogen and oxygen atoms in total. The van der Waals surface area contributed by atoms with Gasteiger partial charge in [-0.2, -0.15) is 0 Å². The quantitative estimate of drug-likeness (QED) is 0.687. The lowest BCUT2D eigenvalue weighted by molar-refractivity contribution is -0.138. The molecule has 3 heterocycles. The number of aromatic nitrogens is 1. The summed E-state index contributed by atoms with van der Waals surface area (Å²) in [5.74, 6) is -0.344.